The van der Waals surface area contributed by atoms with Gasteiger partial charge in [0.05, 0.1) is 11.1 Å². The molecule has 2 nitrogen and oxygen atoms in total. The first-order chi connectivity index (χ1) is 13.8. The van der Waals surface area contributed by atoms with Gasteiger partial charge in [0, 0.05) is 16.0 Å². The van der Waals surface area contributed by atoms with Crippen molar-refractivity contribution >= 4 is 34.1 Å². The van der Waals surface area contributed by atoms with E-state index in [1.165, 1.54) is 6.07 Å². The third kappa shape index (κ3) is 3.47. The summed E-state index contributed by atoms with van der Waals surface area (Å²) in [5, 5.41) is 0.894. The van der Waals surface area contributed by atoms with Crippen LogP contribution in [0.3, 0.4) is 0 Å². The summed E-state index contributed by atoms with van der Waals surface area (Å²) >= 11 is 0. The first-order valence-electron chi connectivity index (χ1n) is 9.00. The van der Waals surface area contributed by atoms with Crippen molar-refractivity contribution in [3.63, 3.8) is 0 Å². The van der Waals surface area contributed by atoms with Crippen molar-refractivity contribution in [1.29, 1.82) is 0 Å². The minimum Gasteiger partial charge on any atom is -0.307 e. The van der Waals surface area contributed by atoms with Crippen LogP contribution in [0.4, 0.5) is 13.2 Å². The van der Waals surface area contributed by atoms with Crippen LogP contribution in [0.25, 0.3) is 10.9 Å². The molecule has 0 fully saturated rings. The number of rotatable bonds is 3. The van der Waals surface area contributed by atoms with Crippen molar-refractivity contribution in [2.24, 2.45) is 0 Å². The van der Waals surface area contributed by atoms with Gasteiger partial charge in [-0.15, -0.1) is 0 Å². The fourth-order valence-electron chi connectivity index (χ4n) is 3.41. The van der Waals surface area contributed by atoms with Crippen molar-refractivity contribution in [3.8, 4) is 0 Å². The highest BCUT2D eigenvalue weighted by molar-refractivity contribution is 7.85. The quantitative estimate of drug-likeness (QED) is 0.434. The van der Waals surface area contributed by atoms with Gasteiger partial charge in [-0.2, -0.15) is 13.2 Å². The predicted molar refractivity (Wildman–Crippen MR) is 111 cm³/mol. The van der Waals surface area contributed by atoms with E-state index in [9.17, 15) is 17.7 Å². The van der Waals surface area contributed by atoms with Crippen molar-refractivity contribution in [2.75, 3.05) is 0 Å². The standard InChI is InChI=1S/C23H17F3NOP/c1-16-12-13-21-19(14-16)20(23(24,25)26)15-22(27-21)29(28,17-8-4-2-5-9-17)18-10-6-3-7-11-18/h2-15H,1H3. The van der Waals surface area contributed by atoms with E-state index in [1.54, 1.807) is 79.7 Å². The molecule has 0 bridgehead atoms. The zero-order valence-electron chi connectivity index (χ0n) is 15.5. The normalized spacial score (nSPS) is 12.3. The second-order valence-corrected chi connectivity index (χ2v) is 9.54. The van der Waals surface area contributed by atoms with Crippen LogP contribution in [-0.4, -0.2) is 4.98 Å². The summed E-state index contributed by atoms with van der Waals surface area (Å²) in [5.41, 5.74) is -0.0220. The molecule has 0 radical (unpaired) electrons. The number of aromatic nitrogens is 1. The van der Waals surface area contributed by atoms with Crippen molar-refractivity contribution in [2.45, 2.75) is 13.1 Å². The summed E-state index contributed by atoms with van der Waals surface area (Å²) in [7, 11) is -3.60. The highest BCUT2D eigenvalue weighted by Crippen LogP contribution is 2.44. The highest BCUT2D eigenvalue weighted by atomic mass is 31.2. The van der Waals surface area contributed by atoms with Crippen LogP contribution >= 0.6 is 7.14 Å². The van der Waals surface area contributed by atoms with E-state index in [0.29, 0.717) is 16.2 Å². The fraction of sp³-hybridized carbons (Fsp3) is 0.0870. The van der Waals surface area contributed by atoms with E-state index in [2.05, 4.69) is 4.98 Å². The molecule has 0 saturated carbocycles. The smallest absolute Gasteiger partial charge is 0.307 e. The molecule has 1 heterocycles. The highest BCUT2D eigenvalue weighted by Gasteiger charge is 2.38. The Bertz CT molecular complexity index is 1180. The van der Waals surface area contributed by atoms with Crippen molar-refractivity contribution in [1.82, 2.24) is 4.98 Å². The first kappa shape index (κ1) is 19.4. The SMILES string of the molecule is Cc1ccc2nc(P(=O)(c3ccccc3)c3ccccc3)cc(C(F)(F)F)c2c1. The summed E-state index contributed by atoms with van der Waals surface area (Å²) in [6.07, 6.45) is -4.60. The number of hydrogen-bond donors (Lipinski definition) is 0. The molecule has 6 heteroatoms. The molecule has 4 aromatic rings. The van der Waals surface area contributed by atoms with E-state index < -0.39 is 18.9 Å². The van der Waals surface area contributed by atoms with Gasteiger partial charge in [0.1, 0.15) is 5.44 Å². The van der Waals surface area contributed by atoms with Crippen LogP contribution in [0.1, 0.15) is 11.1 Å². The van der Waals surface area contributed by atoms with Crippen LogP contribution in [0.5, 0.6) is 0 Å². The molecular weight excluding hydrogens is 394 g/mol. The molecule has 0 atom stereocenters. The number of fused-ring (bicyclic) bond motifs is 1. The summed E-state index contributed by atoms with van der Waals surface area (Å²) in [4.78, 5) is 4.45. The zero-order chi connectivity index (χ0) is 20.6. The van der Waals surface area contributed by atoms with Gasteiger partial charge in [0.2, 0.25) is 0 Å². The topological polar surface area (TPSA) is 30.0 Å². The molecule has 0 spiro atoms. The molecule has 0 aliphatic heterocycles. The van der Waals surface area contributed by atoms with Gasteiger partial charge in [-0.05, 0) is 25.1 Å². The van der Waals surface area contributed by atoms with Gasteiger partial charge in [-0.3, -0.25) is 0 Å². The van der Waals surface area contributed by atoms with Crippen LogP contribution < -0.4 is 16.0 Å². The fourth-order valence-corrected chi connectivity index (χ4v) is 5.98. The average Bonchev–Trinajstić information content (AvgIpc) is 2.73. The van der Waals surface area contributed by atoms with Gasteiger partial charge in [-0.1, -0.05) is 72.3 Å². The average molecular weight is 411 g/mol. The zero-order valence-corrected chi connectivity index (χ0v) is 16.4. The maximum absolute atomic E-state index is 14.4. The van der Waals surface area contributed by atoms with Gasteiger partial charge in [0.25, 0.3) is 0 Å². The number of benzene rings is 3. The second kappa shape index (κ2) is 7.16. The molecule has 0 aliphatic rings. The molecule has 146 valence electrons. The minimum absolute atomic E-state index is 0.00826. The Hall–Kier alpha value is -2.91. The van der Waals surface area contributed by atoms with Crippen molar-refractivity contribution in [3.05, 3.63) is 96.1 Å². The summed E-state index contributed by atoms with van der Waals surface area (Å²) in [6.45, 7) is 1.73. The molecule has 29 heavy (non-hydrogen) atoms. The summed E-state index contributed by atoms with van der Waals surface area (Å²) in [6, 6.07) is 22.8. The Morgan fingerprint density at radius 3 is 1.86 bits per heavy atom. The Balaban J connectivity index is 2.09. The van der Waals surface area contributed by atoms with E-state index in [-0.39, 0.29) is 16.3 Å². The lowest BCUT2D eigenvalue weighted by Crippen LogP contribution is -2.28. The summed E-state index contributed by atoms with van der Waals surface area (Å²) in [5.74, 6) is 0. The molecule has 0 saturated heterocycles. The Labute approximate surface area is 166 Å². The maximum Gasteiger partial charge on any atom is 0.417 e. The maximum atomic E-state index is 14.4. The first-order valence-corrected chi connectivity index (χ1v) is 10.7. The molecule has 0 N–H and O–H groups in total. The Kier molecular flexibility index (Phi) is 4.79. The van der Waals surface area contributed by atoms with E-state index in [1.807, 2.05) is 0 Å². The second-order valence-electron chi connectivity index (χ2n) is 6.83. The molecule has 0 unspecified atom stereocenters. The molecular formula is C23H17F3NOP. The van der Waals surface area contributed by atoms with E-state index >= 15 is 0 Å². The van der Waals surface area contributed by atoms with Gasteiger partial charge >= 0.3 is 6.18 Å². The van der Waals surface area contributed by atoms with E-state index in [0.717, 1.165) is 6.07 Å². The van der Waals surface area contributed by atoms with Crippen LogP contribution in [-0.2, 0) is 10.7 Å². The van der Waals surface area contributed by atoms with Crippen LogP contribution in [0, 0.1) is 6.92 Å². The lowest BCUT2D eigenvalue weighted by Gasteiger charge is -2.21. The van der Waals surface area contributed by atoms with Gasteiger partial charge in [0.15, 0.2) is 7.14 Å². The van der Waals surface area contributed by atoms with Crippen LogP contribution in [0.2, 0.25) is 0 Å². The molecule has 1 aromatic heterocycles. The molecule has 4 rings (SSSR count). The number of pyridine rings is 1. The molecule has 0 aliphatic carbocycles. The Morgan fingerprint density at radius 2 is 1.34 bits per heavy atom. The largest absolute Gasteiger partial charge is 0.417 e. The monoisotopic (exact) mass is 411 g/mol. The lowest BCUT2D eigenvalue weighted by atomic mass is 10.1. The Morgan fingerprint density at radius 1 is 0.793 bits per heavy atom. The van der Waals surface area contributed by atoms with Gasteiger partial charge < -0.3 is 4.57 Å². The third-order valence-corrected chi connectivity index (χ3v) is 7.74. The van der Waals surface area contributed by atoms with Gasteiger partial charge in [-0.25, -0.2) is 4.98 Å². The summed E-state index contributed by atoms with van der Waals surface area (Å²) < 4.78 is 56.1. The third-order valence-electron chi connectivity index (χ3n) is 4.82. The lowest BCUT2D eigenvalue weighted by molar-refractivity contribution is -0.136. The molecule has 3 aromatic carbocycles. The minimum atomic E-state index is -4.60. The molecule has 0 amide bonds. The predicted octanol–water partition coefficient (Wildman–Crippen LogP) is 5.20. The number of aryl methyl sites for hydroxylation is 1. The van der Waals surface area contributed by atoms with Crippen molar-refractivity contribution < 1.29 is 17.7 Å². The van der Waals surface area contributed by atoms with E-state index in [4.69, 9.17) is 0 Å². The van der Waals surface area contributed by atoms with Crippen LogP contribution in [0.15, 0.2) is 84.9 Å². The number of hydrogen-bond acceptors (Lipinski definition) is 2. The number of nitrogens with zero attached hydrogens (tertiary/aromatic N) is 1. The number of alkyl halides is 3. The number of halogens is 3.